The summed E-state index contributed by atoms with van der Waals surface area (Å²) >= 11 is 0. The summed E-state index contributed by atoms with van der Waals surface area (Å²) in [6, 6.07) is 13.1. The molecule has 0 amide bonds. The summed E-state index contributed by atoms with van der Waals surface area (Å²) in [4.78, 5) is 12.4. The maximum Gasteiger partial charge on any atom is 0.306 e. The first-order valence-electron chi connectivity index (χ1n) is 13.2. The Bertz CT molecular complexity index is 1020. The molecule has 0 N–H and O–H groups in total. The molecular weight excluding hydrogens is 427 g/mol. The minimum Gasteiger partial charge on any atom is -0.489 e. The van der Waals surface area contributed by atoms with Crippen LogP contribution in [-0.2, 0) is 22.6 Å². The van der Waals surface area contributed by atoms with Gasteiger partial charge in [0.05, 0.1) is 0 Å². The summed E-state index contributed by atoms with van der Waals surface area (Å²) in [5.74, 6) is 2.58. The summed E-state index contributed by atoms with van der Waals surface area (Å²) in [6.07, 6.45) is 9.38. The third kappa shape index (κ3) is 4.48. The molecular formula is C30H37FO3. The molecule has 182 valence electrons. The molecule has 4 heteroatoms. The number of halogens is 1. The van der Waals surface area contributed by atoms with Gasteiger partial charge in [-0.1, -0.05) is 38.5 Å². The van der Waals surface area contributed by atoms with Gasteiger partial charge in [-0.25, -0.2) is 4.39 Å². The van der Waals surface area contributed by atoms with Crippen molar-refractivity contribution in [3.63, 3.8) is 0 Å². The van der Waals surface area contributed by atoms with Crippen molar-refractivity contribution in [2.45, 2.75) is 90.3 Å². The molecule has 2 fully saturated rings. The number of esters is 1. The second-order valence-corrected chi connectivity index (χ2v) is 10.9. The summed E-state index contributed by atoms with van der Waals surface area (Å²) in [5.41, 5.74) is 4.01. The van der Waals surface area contributed by atoms with Crippen molar-refractivity contribution >= 4 is 5.97 Å². The van der Waals surface area contributed by atoms with Gasteiger partial charge >= 0.3 is 5.97 Å². The standard InChI is InChI=1S/C30H37FO3/c1-3-4-5-29(32)34-28-15-14-27-26-12-8-21-18-23(33-19-20-6-9-22(31)10-7-20)11-13-24(21)25(26)16-17-30(27,28)2/h6-7,9-11,13,18,25-28H,3-5,8,12,14-17,19H2,1-2H3/t25?,26?,27?,28?,30-/m0/s1. The third-order valence-corrected chi connectivity index (χ3v) is 8.94. The molecule has 5 atom stereocenters. The summed E-state index contributed by atoms with van der Waals surface area (Å²) in [6.45, 7) is 4.95. The zero-order valence-electron chi connectivity index (χ0n) is 20.5. The Hall–Kier alpha value is -2.36. The fourth-order valence-corrected chi connectivity index (χ4v) is 7.08. The first kappa shape index (κ1) is 23.4. The molecule has 2 aromatic rings. The quantitative estimate of drug-likeness (QED) is 0.402. The van der Waals surface area contributed by atoms with E-state index in [1.54, 1.807) is 12.1 Å². The first-order valence-corrected chi connectivity index (χ1v) is 13.2. The van der Waals surface area contributed by atoms with Crippen molar-refractivity contribution in [3.8, 4) is 5.75 Å². The van der Waals surface area contributed by atoms with Crippen molar-refractivity contribution in [3.05, 3.63) is 65.0 Å². The van der Waals surface area contributed by atoms with E-state index in [2.05, 4.69) is 32.0 Å². The molecule has 0 bridgehead atoms. The Morgan fingerprint density at radius 2 is 1.91 bits per heavy atom. The lowest BCUT2D eigenvalue weighted by Crippen LogP contribution is -2.45. The van der Waals surface area contributed by atoms with Gasteiger partial charge in [0.1, 0.15) is 24.3 Å². The van der Waals surface area contributed by atoms with Crippen molar-refractivity contribution in [1.29, 1.82) is 0 Å². The zero-order chi connectivity index (χ0) is 23.7. The number of fused-ring (bicyclic) bond motifs is 5. The van der Waals surface area contributed by atoms with Crippen LogP contribution in [0, 0.1) is 23.1 Å². The van der Waals surface area contributed by atoms with Gasteiger partial charge in [0.15, 0.2) is 0 Å². The molecule has 4 unspecified atom stereocenters. The maximum absolute atomic E-state index is 13.1. The number of hydrogen-bond donors (Lipinski definition) is 0. The predicted molar refractivity (Wildman–Crippen MR) is 131 cm³/mol. The number of rotatable bonds is 7. The van der Waals surface area contributed by atoms with Gasteiger partial charge in [0.2, 0.25) is 0 Å². The van der Waals surface area contributed by atoms with Crippen LogP contribution in [0.2, 0.25) is 0 Å². The Balaban J connectivity index is 1.25. The number of aryl methyl sites for hydroxylation is 1. The SMILES string of the molecule is CCCCC(=O)OC1CCC2C3CCc4cc(OCc5ccc(F)cc5)ccc4C3CC[C@]12C. The minimum absolute atomic E-state index is 0.00185. The van der Waals surface area contributed by atoms with Crippen LogP contribution >= 0.6 is 0 Å². The van der Waals surface area contributed by atoms with E-state index in [9.17, 15) is 9.18 Å². The predicted octanol–water partition coefficient (Wildman–Crippen LogP) is 7.36. The molecule has 0 aromatic heterocycles. The molecule has 3 aliphatic rings. The van der Waals surface area contributed by atoms with E-state index in [1.807, 2.05) is 0 Å². The van der Waals surface area contributed by atoms with Crippen molar-refractivity contribution in [2.75, 3.05) is 0 Å². The Kier molecular flexibility index (Phi) is 6.68. The molecule has 3 aliphatic carbocycles. The van der Waals surface area contributed by atoms with Gasteiger partial charge in [-0.2, -0.15) is 0 Å². The first-order chi connectivity index (χ1) is 16.5. The number of hydrogen-bond acceptors (Lipinski definition) is 3. The number of unbranched alkanes of at least 4 members (excludes halogenated alkanes) is 1. The number of benzene rings is 2. The number of carbonyl (C=O) groups excluding carboxylic acids is 1. The van der Waals surface area contributed by atoms with Crippen molar-refractivity contribution in [1.82, 2.24) is 0 Å². The van der Waals surface area contributed by atoms with E-state index in [0.717, 1.165) is 43.4 Å². The van der Waals surface area contributed by atoms with Crippen molar-refractivity contribution in [2.24, 2.45) is 17.3 Å². The second-order valence-electron chi connectivity index (χ2n) is 10.9. The third-order valence-electron chi connectivity index (χ3n) is 8.94. The van der Waals surface area contributed by atoms with E-state index in [1.165, 1.54) is 42.5 Å². The molecule has 0 radical (unpaired) electrons. The second kappa shape index (κ2) is 9.71. The van der Waals surface area contributed by atoms with Crippen LogP contribution in [0.1, 0.15) is 87.8 Å². The highest BCUT2D eigenvalue weighted by molar-refractivity contribution is 5.69. The topological polar surface area (TPSA) is 35.5 Å². The highest BCUT2D eigenvalue weighted by Gasteiger charge is 2.56. The molecule has 2 aromatic carbocycles. The highest BCUT2D eigenvalue weighted by Crippen LogP contribution is 2.61. The minimum atomic E-state index is -0.223. The molecule has 0 aliphatic heterocycles. The van der Waals surface area contributed by atoms with Crippen LogP contribution in [-0.4, -0.2) is 12.1 Å². The molecule has 34 heavy (non-hydrogen) atoms. The van der Waals surface area contributed by atoms with Gasteiger partial charge in [0, 0.05) is 11.8 Å². The summed E-state index contributed by atoms with van der Waals surface area (Å²) in [7, 11) is 0. The lowest BCUT2D eigenvalue weighted by molar-refractivity contribution is -0.157. The average Bonchev–Trinajstić information content (AvgIpc) is 3.18. The molecule has 0 heterocycles. The normalized spacial score (nSPS) is 29.6. The molecule has 2 saturated carbocycles. The van der Waals surface area contributed by atoms with E-state index in [0.29, 0.717) is 30.8 Å². The lowest BCUT2D eigenvalue weighted by atomic mass is 9.55. The Labute approximate surface area is 203 Å². The largest absolute Gasteiger partial charge is 0.489 e. The maximum atomic E-state index is 13.1. The van der Waals surface area contributed by atoms with Crippen LogP contribution in [0.4, 0.5) is 4.39 Å². The van der Waals surface area contributed by atoms with E-state index >= 15 is 0 Å². The smallest absolute Gasteiger partial charge is 0.306 e. The monoisotopic (exact) mass is 464 g/mol. The van der Waals surface area contributed by atoms with E-state index < -0.39 is 0 Å². The van der Waals surface area contributed by atoms with Crippen LogP contribution in [0.5, 0.6) is 5.75 Å². The lowest BCUT2D eigenvalue weighted by Gasteiger charge is -2.50. The summed E-state index contributed by atoms with van der Waals surface area (Å²) < 4.78 is 25.2. The Morgan fingerprint density at radius 1 is 1.09 bits per heavy atom. The van der Waals surface area contributed by atoms with Gasteiger partial charge < -0.3 is 9.47 Å². The number of ether oxygens (including phenoxy) is 2. The van der Waals surface area contributed by atoms with E-state index in [4.69, 9.17) is 9.47 Å². The molecule has 5 rings (SSSR count). The molecule has 0 saturated heterocycles. The number of carbonyl (C=O) groups is 1. The fraction of sp³-hybridized carbons (Fsp3) is 0.567. The highest BCUT2D eigenvalue weighted by atomic mass is 19.1. The molecule has 0 spiro atoms. The van der Waals surface area contributed by atoms with Gasteiger partial charge in [-0.05, 0) is 104 Å². The van der Waals surface area contributed by atoms with Crippen LogP contribution < -0.4 is 4.74 Å². The summed E-state index contributed by atoms with van der Waals surface area (Å²) in [5, 5.41) is 0. The fourth-order valence-electron chi connectivity index (χ4n) is 7.08. The van der Waals surface area contributed by atoms with Crippen LogP contribution in [0.25, 0.3) is 0 Å². The van der Waals surface area contributed by atoms with Gasteiger partial charge in [-0.3, -0.25) is 4.79 Å². The van der Waals surface area contributed by atoms with Gasteiger partial charge in [0.25, 0.3) is 0 Å². The Morgan fingerprint density at radius 3 is 2.71 bits per heavy atom. The van der Waals surface area contributed by atoms with Crippen LogP contribution in [0.15, 0.2) is 42.5 Å². The van der Waals surface area contributed by atoms with Gasteiger partial charge in [-0.15, -0.1) is 0 Å². The average molecular weight is 465 g/mol. The van der Waals surface area contributed by atoms with E-state index in [-0.39, 0.29) is 23.3 Å². The zero-order valence-corrected chi connectivity index (χ0v) is 20.5. The van der Waals surface area contributed by atoms with Crippen molar-refractivity contribution < 1.29 is 18.7 Å². The van der Waals surface area contributed by atoms with Crippen LogP contribution in [0.3, 0.4) is 0 Å². The molecule has 3 nitrogen and oxygen atoms in total.